The van der Waals surface area contributed by atoms with Crippen molar-refractivity contribution in [2.45, 2.75) is 55.0 Å². The van der Waals surface area contributed by atoms with Gasteiger partial charge in [-0.1, -0.05) is 66.2 Å². The summed E-state index contributed by atoms with van der Waals surface area (Å²) in [7, 11) is 0. The largest absolute Gasteiger partial charge is 0.294 e. The van der Waals surface area contributed by atoms with Crippen molar-refractivity contribution in [2.75, 3.05) is 4.90 Å². The zero-order valence-electron chi connectivity index (χ0n) is 15.9. The summed E-state index contributed by atoms with van der Waals surface area (Å²) >= 11 is 15.5. The molecule has 1 atom stereocenters. The van der Waals surface area contributed by atoms with Gasteiger partial charge < -0.3 is 0 Å². The van der Waals surface area contributed by atoms with Gasteiger partial charge in [0.25, 0.3) is 0 Å². The zero-order chi connectivity index (χ0) is 20.7. The van der Waals surface area contributed by atoms with Gasteiger partial charge in [0.2, 0.25) is 11.0 Å². The number of carbonyl (C=O) groups excluding carboxylic acids is 2. The fourth-order valence-electron chi connectivity index (χ4n) is 3.81. The van der Waals surface area contributed by atoms with Gasteiger partial charge in [0.05, 0.1) is 0 Å². The molecule has 0 N–H and O–H groups in total. The molecule has 1 aromatic carbocycles. The van der Waals surface area contributed by atoms with E-state index in [1.807, 2.05) is 6.07 Å². The first-order chi connectivity index (χ1) is 13.8. The van der Waals surface area contributed by atoms with Crippen LogP contribution in [0.1, 0.15) is 51.0 Å². The zero-order valence-corrected chi connectivity index (χ0v) is 19.1. The van der Waals surface area contributed by atoms with Crippen LogP contribution in [0.15, 0.2) is 33.8 Å². The maximum Gasteiger partial charge on any atom is 0.234 e. The Morgan fingerprint density at radius 2 is 2.00 bits per heavy atom. The van der Waals surface area contributed by atoms with E-state index in [-0.39, 0.29) is 24.0 Å². The Morgan fingerprint density at radius 3 is 2.72 bits per heavy atom. The normalized spacial score (nSPS) is 19.9. The number of allylic oxidation sites excluding steroid dienone is 2. The number of carbonyl (C=O) groups is 2. The van der Waals surface area contributed by atoms with E-state index in [1.54, 1.807) is 28.8 Å². The number of hydrogen-bond acceptors (Lipinski definition) is 6. The molecule has 152 valence electrons. The van der Waals surface area contributed by atoms with Crippen LogP contribution < -0.4 is 4.90 Å². The molecule has 0 bridgehead atoms. The van der Waals surface area contributed by atoms with Gasteiger partial charge in [-0.15, -0.1) is 10.2 Å². The predicted octanol–water partition coefficient (Wildman–Crippen LogP) is 5.87. The smallest absolute Gasteiger partial charge is 0.234 e. The van der Waals surface area contributed by atoms with Gasteiger partial charge in [-0.2, -0.15) is 0 Å². The highest BCUT2D eigenvalue weighted by molar-refractivity contribution is 8.01. The van der Waals surface area contributed by atoms with Crippen molar-refractivity contribution >= 4 is 63.1 Å². The number of thioether (sulfide) groups is 1. The SMILES string of the molecule is CC(C)Sc1nnc(N2C(=O)C[C@@H](c3ccc(Cl)cc3Cl)C3=C2CCCC3=O)s1. The third kappa shape index (κ3) is 4.10. The summed E-state index contributed by atoms with van der Waals surface area (Å²) < 4.78 is 0.815. The lowest BCUT2D eigenvalue weighted by atomic mass is 9.77. The summed E-state index contributed by atoms with van der Waals surface area (Å²) in [5, 5.41) is 10.4. The highest BCUT2D eigenvalue weighted by Gasteiger charge is 2.41. The molecular formula is C20H19Cl2N3O2S2. The molecule has 1 aliphatic heterocycles. The van der Waals surface area contributed by atoms with Crippen LogP contribution >= 0.6 is 46.3 Å². The maximum atomic E-state index is 13.2. The summed E-state index contributed by atoms with van der Waals surface area (Å²) in [6.07, 6.45) is 2.01. The minimum absolute atomic E-state index is 0.0704. The predicted molar refractivity (Wildman–Crippen MR) is 118 cm³/mol. The summed E-state index contributed by atoms with van der Waals surface area (Å²) in [4.78, 5) is 27.7. The van der Waals surface area contributed by atoms with E-state index in [1.165, 1.54) is 11.3 Å². The van der Waals surface area contributed by atoms with E-state index in [0.717, 1.165) is 22.0 Å². The molecule has 1 aromatic heterocycles. The minimum atomic E-state index is -0.358. The Labute approximate surface area is 187 Å². The number of ketones is 1. The molecule has 0 radical (unpaired) electrons. The van der Waals surface area contributed by atoms with Crippen molar-refractivity contribution in [1.29, 1.82) is 0 Å². The standard InChI is InChI=1S/C20H19Cl2N3O2S2/c1-10(2)28-20-24-23-19(29-20)25-15-4-3-5-16(26)18(15)13(9-17(25)27)12-7-6-11(21)8-14(12)22/h6-8,10,13H,3-5,9H2,1-2H3/t13-/m0/s1. The minimum Gasteiger partial charge on any atom is -0.294 e. The molecule has 0 spiro atoms. The molecule has 2 heterocycles. The van der Waals surface area contributed by atoms with Gasteiger partial charge in [-0.3, -0.25) is 14.5 Å². The lowest BCUT2D eigenvalue weighted by molar-refractivity contribution is -0.119. The first-order valence-electron chi connectivity index (χ1n) is 9.39. The first-order valence-corrected chi connectivity index (χ1v) is 11.8. The average Bonchev–Trinajstić information content (AvgIpc) is 3.08. The van der Waals surface area contributed by atoms with Crippen LogP contribution in [0.4, 0.5) is 5.13 Å². The monoisotopic (exact) mass is 467 g/mol. The maximum absolute atomic E-state index is 13.2. The molecule has 0 saturated carbocycles. The van der Waals surface area contributed by atoms with Crippen molar-refractivity contribution < 1.29 is 9.59 Å². The van der Waals surface area contributed by atoms with Crippen LogP contribution in [0.3, 0.4) is 0 Å². The fraction of sp³-hybridized carbons (Fsp3) is 0.400. The molecule has 2 aliphatic rings. The molecule has 2 aromatic rings. The van der Waals surface area contributed by atoms with Crippen LogP contribution in [0.2, 0.25) is 10.0 Å². The van der Waals surface area contributed by atoms with E-state index in [2.05, 4.69) is 24.0 Å². The van der Waals surface area contributed by atoms with Gasteiger partial charge in [-0.25, -0.2) is 0 Å². The topological polar surface area (TPSA) is 63.2 Å². The number of rotatable bonds is 4. The van der Waals surface area contributed by atoms with Crippen LogP contribution in [0, 0.1) is 0 Å². The van der Waals surface area contributed by atoms with E-state index in [0.29, 0.717) is 38.8 Å². The summed E-state index contributed by atoms with van der Waals surface area (Å²) in [6, 6.07) is 5.21. The van der Waals surface area contributed by atoms with Gasteiger partial charge in [0.1, 0.15) is 0 Å². The highest BCUT2D eigenvalue weighted by atomic mass is 35.5. The third-order valence-electron chi connectivity index (χ3n) is 4.94. The number of amides is 1. The highest BCUT2D eigenvalue weighted by Crippen LogP contribution is 2.46. The second kappa shape index (κ2) is 8.38. The number of benzene rings is 1. The number of anilines is 1. The van der Waals surface area contributed by atoms with E-state index in [9.17, 15) is 9.59 Å². The van der Waals surface area contributed by atoms with E-state index in [4.69, 9.17) is 23.2 Å². The Kier molecular flexibility index (Phi) is 6.02. The molecule has 5 nitrogen and oxygen atoms in total. The Balaban J connectivity index is 1.79. The van der Waals surface area contributed by atoms with E-state index < -0.39 is 0 Å². The number of Topliss-reactive ketones (excluding diaryl/α,β-unsaturated/α-hetero) is 1. The van der Waals surface area contributed by atoms with Gasteiger partial charge in [0, 0.05) is 45.3 Å². The van der Waals surface area contributed by atoms with Crippen LogP contribution in [-0.4, -0.2) is 27.1 Å². The van der Waals surface area contributed by atoms with Gasteiger partial charge in [-0.05, 0) is 30.5 Å². The van der Waals surface area contributed by atoms with Crippen molar-refractivity contribution in [3.8, 4) is 0 Å². The van der Waals surface area contributed by atoms with Crippen LogP contribution in [0.5, 0.6) is 0 Å². The van der Waals surface area contributed by atoms with Crippen LogP contribution in [-0.2, 0) is 9.59 Å². The van der Waals surface area contributed by atoms with Gasteiger partial charge >= 0.3 is 0 Å². The number of halogens is 2. The van der Waals surface area contributed by atoms with Gasteiger partial charge in [0.15, 0.2) is 10.1 Å². The Morgan fingerprint density at radius 1 is 1.21 bits per heavy atom. The number of nitrogens with zero attached hydrogens (tertiary/aromatic N) is 3. The molecule has 4 rings (SSSR count). The second-order valence-electron chi connectivity index (χ2n) is 7.31. The molecule has 0 saturated heterocycles. The summed E-state index contributed by atoms with van der Waals surface area (Å²) in [5.41, 5.74) is 2.18. The van der Waals surface area contributed by atoms with Crippen molar-refractivity contribution in [2.24, 2.45) is 0 Å². The van der Waals surface area contributed by atoms with Crippen molar-refractivity contribution in [3.05, 3.63) is 45.1 Å². The first kappa shape index (κ1) is 20.8. The number of hydrogen-bond donors (Lipinski definition) is 0. The Bertz CT molecular complexity index is 1020. The summed E-state index contributed by atoms with van der Waals surface area (Å²) in [6.45, 7) is 4.16. The molecule has 1 aliphatic carbocycles. The number of aromatic nitrogens is 2. The lowest BCUT2D eigenvalue weighted by Crippen LogP contribution is -2.40. The molecule has 9 heteroatoms. The quantitative estimate of drug-likeness (QED) is 0.415. The van der Waals surface area contributed by atoms with Crippen LogP contribution in [0.25, 0.3) is 0 Å². The molecule has 1 amide bonds. The average molecular weight is 468 g/mol. The molecular weight excluding hydrogens is 449 g/mol. The summed E-state index contributed by atoms with van der Waals surface area (Å²) in [5.74, 6) is -0.378. The van der Waals surface area contributed by atoms with E-state index >= 15 is 0 Å². The van der Waals surface area contributed by atoms with Crippen molar-refractivity contribution in [3.63, 3.8) is 0 Å². The molecule has 29 heavy (non-hydrogen) atoms. The third-order valence-corrected chi connectivity index (χ3v) is 7.50. The Hall–Kier alpha value is -1.41. The molecule has 0 unspecified atom stereocenters. The lowest BCUT2D eigenvalue weighted by Gasteiger charge is -2.37. The fourth-order valence-corrected chi connectivity index (χ4v) is 6.45. The molecule has 0 fully saturated rings. The second-order valence-corrected chi connectivity index (χ2v) is 10.9. The van der Waals surface area contributed by atoms with Crippen molar-refractivity contribution in [1.82, 2.24) is 10.2 Å².